The number of alkyl halides is 20. The van der Waals surface area contributed by atoms with Crippen molar-refractivity contribution in [1.82, 2.24) is 0 Å². The zero-order valence-electron chi connectivity index (χ0n) is 15.9. The molecule has 35 heavy (non-hydrogen) atoms. The fourth-order valence-electron chi connectivity index (χ4n) is 5.10. The molecule has 2 unspecified atom stereocenters. The van der Waals surface area contributed by atoms with Gasteiger partial charge in [0.1, 0.15) is 0 Å². The third-order valence-electron chi connectivity index (χ3n) is 7.09. The van der Waals surface area contributed by atoms with E-state index in [4.69, 9.17) is 0 Å². The molecule has 0 aliphatic heterocycles. The SMILES string of the molecule is CC1(C(F)F)C(F)(F)C2(C(F)F)C(F)(F)C(C(F)F)(C(F)F)C(F)(F)C(C(F)F)(C1(F)F)C2(F)F. The summed E-state index contributed by atoms with van der Waals surface area (Å²) in [7, 11) is 0. The molecule has 20 heteroatoms. The summed E-state index contributed by atoms with van der Waals surface area (Å²) >= 11 is 0. The first-order chi connectivity index (χ1) is 15.2. The van der Waals surface area contributed by atoms with Crippen LogP contribution >= 0.6 is 0 Å². The number of rotatable bonds is 5. The van der Waals surface area contributed by atoms with Crippen LogP contribution in [-0.4, -0.2) is 61.7 Å². The van der Waals surface area contributed by atoms with Crippen LogP contribution in [0.4, 0.5) is 87.8 Å². The van der Waals surface area contributed by atoms with Crippen molar-refractivity contribution in [3.63, 3.8) is 0 Å². The Bertz CT molecular complexity index is 765. The Morgan fingerprint density at radius 3 is 0.771 bits per heavy atom. The molecule has 0 N–H and O–H groups in total. The van der Waals surface area contributed by atoms with E-state index in [0.717, 1.165) is 0 Å². The summed E-state index contributed by atoms with van der Waals surface area (Å²) in [6, 6.07) is 0. The van der Waals surface area contributed by atoms with E-state index in [2.05, 4.69) is 0 Å². The van der Waals surface area contributed by atoms with Gasteiger partial charge in [0.15, 0.2) is 5.41 Å². The first kappa shape index (κ1) is 29.8. The Morgan fingerprint density at radius 2 is 0.600 bits per heavy atom. The van der Waals surface area contributed by atoms with E-state index in [-0.39, 0.29) is 0 Å². The van der Waals surface area contributed by atoms with E-state index in [1.54, 1.807) is 0 Å². The van der Waals surface area contributed by atoms with E-state index in [9.17, 15) is 87.8 Å². The zero-order valence-corrected chi connectivity index (χ0v) is 15.9. The maximum absolute atomic E-state index is 15.0. The lowest BCUT2D eigenvalue weighted by molar-refractivity contribution is -0.590. The predicted molar refractivity (Wildman–Crippen MR) is 70.2 cm³/mol. The molecule has 2 aliphatic carbocycles. The minimum atomic E-state index is -8.38. The first-order valence-corrected chi connectivity index (χ1v) is 8.52. The smallest absolute Gasteiger partial charge is 0.209 e. The molecular formula is C15H8F20. The van der Waals surface area contributed by atoms with E-state index in [1.165, 1.54) is 0 Å². The molecular weight excluding hydrogens is 560 g/mol. The fourth-order valence-corrected chi connectivity index (χ4v) is 5.10. The molecule has 0 aromatic heterocycles. The van der Waals surface area contributed by atoms with Gasteiger partial charge in [-0.25, -0.2) is 87.8 Å². The molecule has 2 rings (SSSR count). The average Bonchev–Trinajstić information content (AvgIpc) is 2.55. The molecule has 2 bridgehead atoms. The van der Waals surface area contributed by atoms with Gasteiger partial charge in [0.05, 0.1) is 0 Å². The molecule has 2 aliphatic rings. The Balaban J connectivity index is 3.59. The van der Waals surface area contributed by atoms with Gasteiger partial charge in [0.2, 0.25) is 16.2 Å². The van der Waals surface area contributed by atoms with Crippen LogP contribution in [0.15, 0.2) is 0 Å². The largest absolute Gasteiger partial charge is 0.293 e. The molecule has 0 nitrogen and oxygen atoms in total. The highest BCUT2D eigenvalue weighted by Crippen LogP contribution is 2.90. The highest BCUT2D eigenvalue weighted by Gasteiger charge is 3.14. The van der Waals surface area contributed by atoms with Crippen molar-refractivity contribution in [1.29, 1.82) is 0 Å². The summed E-state index contributed by atoms with van der Waals surface area (Å²) in [6.45, 7) is -1.58. The van der Waals surface area contributed by atoms with Crippen molar-refractivity contribution in [3.05, 3.63) is 0 Å². The summed E-state index contributed by atoms with van der Waals surface area (Å²) in [5.41, 5.74) is -30.7. The summed E-state index contributed by atoms with van der Waals surface area (Å²) < 4.78 is 286. The lowest BCUT2D eigenvalue weighted by atomic mass is 9.35. The highest BCUT2D eigenvalue weighted by molar-refractivity contribution is 5.41. The topological polar surface area (TPSA) is 0 Å². The lowest BCUT2D eigenvalue weighted by Crippen LogP contribution is -2.98. The van der Waals surface area contributed by atoms with Gasteiger partial charge in [0, 0.05) is 0 Å². The normalized spacial score (nSPS) is 38.6. The standard InChI is InChI=1S/C15H8F20/c1-7(2(16)17)11(26,27)9(5(22)23)13(30,31)8(3(18)19,4(20)21)14(32,33)10(6(24)25,12(7,28)29)15(9,34)35/h2-6H,1H3. The van der Waals surface area contributed by atoms with Crippen molar-refractivity contribution < 1.29 is 87.8 Å². The van der Waals surface area contributed by atoms with Gasteiger partial charge in [-0.1, -0.05) is 0 Å². The molecule has 0 radical (unpaired) electrons. The number of halogens is 20. The Morgan fingerprint density at radius 1 is 0.343 bits per heavy atom. The van der Waals surface area contributed by atoms with E-state index >= 15 is 0 Å². The number of fused-ring (bicyclic) bond motifs is 2. The van der Waals surface area contributed by atoms with Crippen LogP contribution in [0.3, 0.4) is 0 Å². The Kier molecular flexibility index (Phi) is 6.07. The monoisotopic (exact) mass is 568 g/mol. The third-order valence-corrected chi connectivity index (χ3v) is 7.09. The van der Waals surface area contributed by atoms with Gasteiger partial charge in [-0.15, -0.1) is 0 Å². The molecule has 2 saturated carbocycles. The second kappa shape index (κ2) is 7.12. The first-order valence-electron chi connectivity index (χ1n) is 8.52. The molecule has 2 fully saturated rings. The van der Waals surface area contributed by atoms with Crippen LogP contribution in [0.5, 0.6) is 0 Å². The zero-order chi connectivity index (χ0) is 28.4. The second-order valence-corrected chi connectivity index (χ2v) is 8.06. The molecule has 208 valence electrons. The van der Waals surface area contributed by atoms with Crippen molar-refractivity contribution >= 4 is 0 Å². The highest BCUT2D eigenvalue weighted by atomic mass is 19.3. The maximum atomic E-state index is 15.0. The summed E-state index contributed by atoms with van der Waals surface area (Å²) in [6.07, 6.45) is -32.3. The third kappa shape index (κ3) is 2.17. The Hall–Kier alpha value is -1.40. The number of hydrogen-bond acceptors (Lipinski definition) is 0. The molecule has 2 atom stereocenters. The van der Waals surface area contributed by atoms with Crippen molar-refractivity contribution in [2.75, 3.05) is 0 Å². The summed E-state index contributed by atoms with van der Waals surface area (Å²) in [4.78, 5) is 0. The molecule has 0 aromatic carbocycles. The minimum absolute atomic E-state index is 1.58. The minimum Gasteiger partial charge on any atom is -0.209 e. The van der Waals surface area contributed by atoms with Crippen LogP contribution < -0.4 is 0 Å². The summed E-state index contributed by atoms with van der Waals surface area (Å²) in [5.74, 6) is -41.0. The molecule has 0 saturated heterocycles. The lowest BCUT2D eigenvalue weighted by Gasteiger charge is -2.73. The van der Waals surface area contributed by atoms with Crippen molar-refractivity contribution in [2.45, 2.75) is 68.7 Å². The summed E-state index contributed by atoms with van der Waals surface area (Å²) in [5, 5.41) is 0. The van der Waals surface area contributed by atoms with E-state index in [0.29, 0.717) is 0 Å². The second-order valence-electron chi connectivity index (χ2n) is 8.06. The van der Waals surface area contributed by atoms with Gasteiger partial charge in [-0.2, -0.15) is 0 Å². The van der Waals surface area contributed by atoms with Crippen LogP contribution in [0, 0.1) is 21.7 Å². The maximum Gasteiger partial charge on any atom is 0.293 e. The molecule has 0 heterocycles. The van der Waals surface area contributed by atoms with Gasteiger partial charge in [0.25, 0.3) is 61.7 Å². The van der Waals surface area contributed by atoms with Gasteiger partial charge >= 0.3 is 0 Å². The quantitative estimate of drug-likeness (QED) is 0.302. The van der Waals surface area contributed by atoms with Gasteiger partial charge in [-0.05, 0) is 6.92 Å². The van der Waals surface area contributed by atoms with Crippen molar-refractivity contribution in [3.8, 4) is 0 Å². The van der Waals surface area contributed by atoms with Crippen LogP contribution in [0.1, 0.15) is 6.92 Å². The van der Waals surface area contributed by atoms with E-state index < -0.39 is 90.3 Å². The molecule has 0 aromatic rings. The van der Waals surface area contributed by atoms with Gasteiger partial charge in [-0.3, -0.25) is 0 Å². The molecule has 0 amide bonds. The number of hydrogen-bond donors (Lipinski definition) is 0. The average molecular weight is 568 g/mol. The van der Waals surface area contributed by atoms with Crippen LogP contribution in [-0.2, 0) is 0 Å². The van der Waals surface area contributed by atoms with E-state index in [1.807, 2.05) is 0 Å². The van der Waals surface area contributed by atoms with Crippen LogP contribution in [0.25, 0.3) is 0 Å². The van der Waals surface area contributed by atoms with Crippen LogP contribution in [0.2, 0.25) is 0 Å². The van der Waals surface area contributed by atoms with Gasteiger partial charge < -0.3 is 0 Å². The Labute approximate surface area is 179 Å². The predicted octanol–water partition coefficient (Wildman–Crippen LogP) is 7.48. The fraction of sp³-hybridized carbons (Fsp3) is 1.00. The molecule has 0 spiro atoms. The van der Waals surface area contributed by atoms with Crippen molar-refractivity contribution in [2.24, 2.45) is 21.7 Å².